The van der Waals surface area contributed by atoms with E-state index in [1.165, 1.54) is 23.5 Å². The van der Waals surface area contributed by atoms with E-state index in [1.54, 1.807) is 18.3 Å². The molecule has 0 bridgehead atoms. The fourth-order valence-corrected chi connectivity index (χ4v) is 2.15. The third-order valence-corrected chi connectivity index (χ3v) is 3.32. The minimum Gasteiger partial charge on any atom is -0.492 e. The summed E-state index contributed by atoms with van der Waals surface area (Å²) in [7, 11) is 0. The fraction of sp³-hybridized carbons (Fsp3) is 0.308. The van der Waals surface area contributed by atoms with Gasteiger partial charge in [0.05, 0.1) is 0 Å². The molecule has 0 saturated heterocycles. The van der Waals surface area contributed by atoms with Crippen LogP contribution in [0.1, 0.15) is 11.8 Å². The monoisotopic (exact) mass is 317 g/mol. The first kappa shape index (κ1) is 16.7. The van der Waals surface area contributed by atoms with Crippen LogP contribution in [0.2, 0.25) is 0 Å². The first-order valence-corrected chi connectivity index (χ1v) is 6.77. The number of nitrogens with zero attached hydrogens (tertiary/aromatic N) is 1. The van der Waals surface area contributed by atoms with Crippen LogP contribution < -0.4 is 15.8 Å². The fourth-order valence-electron chi connectivity index (χ4n) is 1.52. The average molecular weight is 318 g/mol. The van der Waals surface area contributed by atoms with Crippen molar-refractivity contribution in [2.45, 2.75) is 19.5 Å². The number of aromatic nitrogens is 1. The van der Waals surface area contributed by atoms with Crippen molar-refractivity contribution in [3.8, 4) is 5.75 Å². The van der Waals surface area contributed by atoms with Crippen molar-refractivity contribution in [3.63, 3.8) is 0 Å². The third kappa shape index (κ3) is 5.32. The molecule has 0 saturated carbocycles. The molecule has 7 heteroatoms. The Labute approximate surface area is 127 Å². The predicted octanol–water partition coefficient (Wildman–Crippen LogP) is 2.84. The topological polar surface area (TPSA) is 60.2 Å². The predicted molar refractivity (Wildman–Crippen MR) is 82.0 cm³/mol. The molecule has 0 spiro atoms. The molecule has 1 heterocycles. The van der Waals surface area contributed by atoms with Gasteiger partial charge in [0.1, 0.15) is 18.2 Å². The van der Waals surface area contributed by atoms with E-state index in [9.17, 15) is 4.39 Å². The normalized spacial score (nSPS) is 11.7. The van der Waals surface area contributed by atoms with Crippen molar-refractivity contribution in [1.29, 1.82) is 0 Å². The quantitative estimate of drug-likeness (QED) is 0.860. The minimum absolute atomic E-state index is 0. The zero-order valence-electron chi connectivity index (χ0n) is 11.0. The first-order valence-electron chi connectivity index (χ1n) is 5.95. The van der Waals surface area contributed by atoms with Crippen LogP contribution in [-0.2, 0) is 6.54 Å². The number of nitrogens with one attached hydrogen (secondary N) is 1. The van der Waals surface area contributed by atoms with E-state index in [0.717, 1.165) is 4.88 Å². The number of rotatable bonds is 6. The molecule has 0 fully saturated rings. The second-order valence-electron chi connectivity index (χ2n) is 4.22. The Morgan fingerprint density at radius 2 is 2.30 bits per heavy atom. The molecule has 0 aliphatic carbocycles. The number of halogens is 2. The van der Waals surface area contributed by atoms with Gasteiger partial charge in [-0.3, -0.25) is 0 Å². The van der Waals surface area contributed by atoms with Gasteiger partial charge in [0.15, 0.2) is 5.13 Å². The first-order chi connectivity index (χ1) is 9.13. The summed E-state index contributed by atoms with van der Waals surface area (Å²) in [5.74, 6) is 0.244. The van der Waals surface area contributed by atoms with Crippen LogP contribution in [-0.4, -0.2) is 17.6 Å². The maximum atomic E-state index is 13.0. The molecular formula is C13H17ClFN3OS. The summed E-state index contributed by atoms with van der Waals surface area (Å²) < 4.78 is 18.5. The standard InChI is InChI=1S/C13H16FN3OS.ClH/c1-9(16-6-12-7-17-13(15)19-12)8-18-11-4-2-3-10(14)5-11;/h2-5,7,9,16H,6,8H2,1H3,(H2,15,17);1H. The third-order valence-electron chi connectivity index (χ3n) is 2.49. The van der Waals surface area contributed by atoms with Crippen molar-refractivity contribution in [2.24, 2.45) is 0 Å². The molecule has 3 N–H and O–H groups in total. The second kappa shape index (κ2) is 8.04. The van der Waals surface area contributed by atoms with Gasteiger partial charge >= 0.3 is 0 Å². The van der Waals surface area contributed by atoms with Crippen molar-refractivity contribution in [2.75, 3.05) is 12.3 Å². The number of nitrogens with two attached hydrogens (primary N) is 1. The number of anilines is 1. The maximum Gasteiger partial charge on any atom is 0.180 e. The Hall–Kier alpha value is -1.37. The summed E-state index contributed by atoms with van der Waals surface area (Å²) in [6.07, 6.45) is 1.76. The van der Waals surface area contributed by atoms with E-state index < -0.39 is 0 Å². The molecule has 110 valence electrons. The molecule has 4 nitrogen and oxygen atoms in total. The second-order valence-corrected chi connectivity index (χ2v) is 5.36. The lowest BCUT2D eigenvalue weighted by molar-refractivity contribution is 0.272. The molecule has 2 rings (SSSR count). The summed E-state index contributed by atoms with van der Waals surface area (Å²) >= 11 is 1.46. The van der Waals surface area contributed by atoms with Gasteiger partial charge in [0, 0.05) is 29.7 Å². The van der Waals surface area contributed by atoms with Crippen molar-refractivity contribution in [1.82, 2.24) is 10.3 Å². The van der Waals surface area contributed by atoms with Crippen LogP contribution in [0.3, 0.4) is 0 Å². The van der Waals surface area contributed by atoms with Crippen LogP contribution in [0, 0.1) is 5.82 Å². The summed E-state index contributed by atoms with van der Waals surface area (Å²) in [5.41, 5.74) is 5.55. The van der Waals surface area contributed by atoms with E-state index in [2.05, 4.69) is 10.3 Å². The van der Waals surface area contributed by atoms with Crippen LogP contribution in [0.4, 0.5) is 9.52 Å². The molecule has 1 atom stereocenters. The number of hydrogen-bond donors (Lipinski definition) is 2. The summed E-state index contributed by atoms with van der Waals surface area (Å²) in [5, 5.41) is 3.86. The van der Waals surface area contributed by atoms with Crippen LogP contribution in [0.25, 0.3) is 0 Å². The lowest BCUT2D eigenvalue weighted by Gasteiger charge is -2.14. The number of ether oxygens (including phenoxy) is 1. The van der Waals surface area contributed by atoms with Gasteiger partial charge in [-0.05, 0) is 19.1 Å². The van der Waals surface area contributed by atoms with Crippen molar-refractivity contribution < 1.29 is 9.13 Å². The SMILES string of the molecule is CC(COc1cccc(F)c1)NCc1cnc(N)s1.Cl. The molecule has 0 radical (unpaired) electrons. The highest BCUT2D eigenvalue weighted by Gasteiger charge is 2.05. The van der Waals surface area contributed by atoms with Crippen molar-refractivity contribution >= 4 is 28.9 Å². The molecule has 0 aliphatic heterocycles. The van der Waals surface area contributed by atoms with Gasteiger partial charge in [0.2, 0.25) is 0 Å². The van der Waals surface area contributed by atoms with Crippen LogP contribution >= 0.6 is 23.7 Å². The lowest BCUT2D eigenvalue weighted by Crippen LogP contribution is -2.31. The highest BCUT2D eigenvalue weighted by Crippen LogP contribution is 2.14. The summed E-state index contributed by atoms with van der Waals surface area (Å²) in [4.78, 5) is 5.06. The van der Waals surface area contributed by atoms with Crippen LogP contribution in [0.5, 0.6) is 5.75 Å². The zero-order chi connectivity index (χ0) is 13.7. The Bertz CT molecular complexity index is 538. The Kier molecular flexibility index (Phi) is 6.70. The summed E-state index contributed by atoms with van der Waals surface area (Å²) in [6, 6.07) is 6.27. The Morgan fingerprint density at radius 1 is 1.50 bits per heavy atom. The van der Waals surface area contributed by atoms with E-state index in [1.807, 2.05) is 6.92 Å². The molecule has 0 aliphatic rings. The average Bonchev–Trinajstić information content (AvgIpc) is 2.80. The zero-order valence-corrected chi connectivity index (χ0v) is 12.6. The number of nitrogen functional groups attached to an aromatic ring is 1. The Balaban J connectivity index is 0.00000200. The highest BCUT2D eigenvalue weighted by atomic mass is 35.5. The number of benzene rings is 1. The lowest BCUT2D eigenvalue weighted by atomic mass is 10.3. The maximum absolute atomic E-state index is 13.0. The molecular weight excluding hydrogens is 301 g/mol. The highest BCUT2D eigenvalue weighted by molar-refractivity contribution is 7.15. The van der Waals surface area contributed by atoms with E-state index in [-0.39, 0.29) is 24.3 Å². The van der Waals surface area contributed by atoms with Crippen LogP contribution in [0.15, 0.2) is 30.5 Å². The van der Waals surface area contributed by atoms with Crippen molar-refractivity contribution in [3.05, 3.63) is 41.2 Å². The Morgan fingerprint density at radius 3 is 2.95 bits per heavy atom. The van der Waals surface area contributed by atoms with E-state index >= 15 is 0 Å². The molecule has 20 heavy (non-hydrogen) atoms. The number of hydrogen-bond acceptors (Lipinski definition) is 5. The van der Waals surface area contributed by atoms with Gasteiger partial charge < -0.3 is 15.8 Å². The molecule has 1 aromatic carbocycles. The molecule has 0 amide bonds. The minimum atomic E-state index is -0.293. The van der Waals surface area contributed by atoms with Gasteiger partial charge in [-0.15, -0.1) is 23.7 Å². The molecule has 1 aromatic heterocycles. The molecule has 1 unspecified atom stereocenters. The van der Waals surface area contributed by atoms with Gasteiger partial charge in [-0.25, -0.2) is 9.37 Å². The van der Waals surface area contributed by atoms with E-state index in [0.29, 0.717) is 24.0 Å². The van der Waals surface area contributed by atoms with Gasteiger partial charge in [-0.2, -0.15) is 0 Å². The van der Waals surface area contributed by atoms with E-state index in [4.69, 9.17) is 10.5 Å². The smallest absolute Gasteiger partial charge is 0.180 e. The largest absolute Gasteiger partial charge is 0.492 e. The van der Waals surface area contributed by atoms with Gasteiger partial charge in [-0.1, -0.05) is 6.07 Å². The van der Waals surface area contributed by atoms with Gasteiger partial charge in [0.25, 0.3) is 0 Å². The summed E-state index contributed by atoms with van der Waals surface area (Å²) in [6.45, 7) is 3.17. The number of thiazole rings is 1. The molecule has 2 aromatic rings.